The lowest BCUT2D eigenvalue weighted by Gasteiger charge is -2.13. The van der Waals surface area contributed by atoms with Crippen LogP contribution in [0.25, 0.3) is 0 Å². The maximum atomic E-state index is 9.34. The number of methoxy groups -OCH3 is 1. The van der Waals surface area contributed by atoms with Gasteiger partial charge in [-0.25, -0.2) is 0 Å². The van der Waals surface area contributed by atoms with E-state index in [2.05, 4.69) is 11.1 Å². The molecule has 1 atom stereocenters. The third-order valence-electron chi connectivity index (χ3n) is 2.86. The summed E-state index contributed by atoms with van der Waals surface area (Å²) in [5.74, 6) is 0.557. The van der Waals surface area contributed by atoms with Gasteiger partial charge in [0.2, 0.25) is 0 Å². The number of para-hydroxylation sites is 1. The number of benzene rings is 1. The number of nitrogens with zero attached hydrogens (tertiary/aromatic N) is 2. The second-order valence-corrected chi connectivity index (χ2v) is 3.98. The molecule has 1 aromatic heterocycles. The maximum absolute atomic E-state index is 9.34. The van der Waals surface area contributed by atoms with Gasteiger partial charge in [0.15, 0.2) is 0 Å². The van der Waals surface area contributed by atoms with Crippen molar-refractivity contribution in [3.63, 3.8) is 0 Å². The zero-order valence-electron chi connectivity index (χ0n) is 10.2. The van der Waals surface area contributed by atoms with Crippen LogP contribution >= 0.6 is 0 Å². The predicted octanol–water partition coefficient (Wildman–Crippen LogP) is 2.94. The van der Waals surface area contributed by atoms with Crippen molar-refractivity contribution in [1.29, 1.82) is 5.26 Å². The molecule has 0 bridgehead atoms. The van der Waals surface area contributed by atoms with Gasteiger partial charge in [0.1, 0.15) is 5.75 Å². The van der Waals surface area contributed by atoms with Crippen molar-refractivity contribution in [3.05, 3.63) is 59.9 Å². The Hall–Kier alpha value is -2.34. The van der Waals surface area contributed by atoms with Crippen molar-refractivity contribution < 1.29 is 4.74 Å². The summed E-state index contributed by atoms with van der Waals surface area (Å²) in [6.45, 7) is 0. The molecular weight excluding hydrogens is 224 g/mol. The average Bonchev–Trinajstić information content (AvgIpc) is 2.46. The van der Waals surface area contributed by atoms with E-state index in [9.17, 15) is 5.26 Å². The first kappa shape index (κ1) is 12.1. The molecule has 0 saturated heterocycles. The third kappa shape index (κ3) is 2.67. The van der Waals surface area contributed by atoms with Gasteiger partial charge < -0.3 is 4.74 Å². The van der Waals surface area contributed by atoms with E-state index in [4.69, 9.17) is 4.74 Å². The minimum absolute atomic E-state index is 0.205. The van der Waals surface area contributed by atoms with Crippen molar-refractivity contribution in [1.82, 2.24) is 4.98 Å². The lowest BCUT2D eigenvalue weighted by Crippen LogP contribution is -2.03. The Bertz CT molecular complexity index is 546. The van der Waals surface area contributed by atoms with Crippen molar-refractivity contribution in [2.75, 3.05) is 7.11 Å². The summed E-state index contributed by atoms with van der Waals surface area (Å²) in [7, 11) is 1.62. The summed E-state index contributed by atoms with van der Waals surface area (Å²) in [6, 6.07) is 13.9. The Morgan fingerprint density at radius 1 is 1.22 bits per heavy atom. The highest BCUT2D eigenvalue weighted by atomic mass is 16.5. The predicted molar refractivity (Wildman–Crippen MR) is 69.3 cm³/mol. The highest BCUT2D eigenvalue weighted by molar-refractivity contribution is 5.40. The number of ether oxygens (including phenoxy) is 1. The van der Waals surface area contributed by atoms with E-state index >= 15 is 0 Å². The molecule has 3 heteroatoms. The van der Waals surface area contributed by atoms with Gasteiger partial charge in [0, 0.05) is 18.0 Å². The molecular formula is C15H14N2O. The zero-order valence-corrected chi connectivity index (χ0v) is 10.2. The summed E-state index contributed by atoms with van der Waals surface area (Å²) < 4.78 is 5.30. The smallest absolute Gasteiger partial charge is 0.123 e. The highest BCUT2D eigenvalue weighted by Gasteiger charge is 2.15. The van der Waals surface area contributed by atoms with Crippen LogP contribution in [0.4, 0.5) is 0 Å². The van der Waals surface area contributed by atoms with Crippen LogP contribution in [0.5, 0.6) is 5.75 Å². The second-order valence-electron chi connectivity index (χ2n) is 3.98. The molecule has 0 aliphatic carbocycles. The van der Waals surface area contributed by atoms with Gasteiger partial charge in [-0.15, -0.1) is 0 Å². The molecule has 18 heavy (non-hydrogen) atoms. The van der Waals surface area contributed by atoms with E-state index in [1.54, 1.807) is 19.5 Å². The zero-order chi connectivity index (χ0) is 12.8. The molecule has 0 fully saturated rings. The SMILES string of the molecule is COc1ccccc1C(C#N)Cc1ccncc1. The van der Waals surface area contributed by atoms with Gasteiger partial charge >= 0.3 is 0 Å². The lowest BCUT2D eigenvalue weighted by molar-refractivity contribution is 0.408. The van der Waals surface area contributed by atoms with Crippen LogP contribution in [-0.2, 0) is 6.42 Å². The second kappa shape index (κ2) is 5.83. The molecule has 0 radical (unpaired) electrons. The van der Waals surface area contributed by atoms with Gasteiger partial charge in [-0.3, -0.25) is 4.98 Å². The maximum Gasteiger partial charge on any atom is 0.123 e. The first-order valence-electron chi connectivity index (χ1n) is 5.76. The molecule has 90 valence electrons. The monoisotopic (exact) mass is 238 g/mol. The fourth-order valence-electron chi connectivity index (χ4n) is 1.93. The van der Waals surface area contributed by atoms with Crippen molar-refractivity contribution in [2.45, 2.75) is 12.3 Å². The molecule has 0 saturated carbocycles. The van der Waals surface area contributed by atoms with Gasteiger partial charge in [0.25, 0.3) is 0 Å². The standard InChI is InChI=1S/C15H14N2O/c1-18-15-5-3-2-4-14(15)13(11-16)10-12-6-8-17-9-7-12/h2-9,13H,10H2,1H3. The van der Waals surface area contributed by atoms with Crippen LogP contribution in [0.15, 0.2) is 48.8 Å². The third-order valence-corrected chi connectivity index (χ3v) is 2.86. The fraction of sp³-hybridized carbons (Fsp3) is 0.200. The fourth-order valence-corrected chi connectivity index (χ4v) is 1.93. The minimum Gasteiger partial charge on any atom is -0.496 e. The van der Waals surface area contributed by atoms with E-state index in [1.807, 2.05) is 36.4 Å². The average molecular weight is 238 g/mol. The lowest BCUT2D eigenvalue weighted by atomic mass is 9.93. The minimum atomic E-state index is -0.205. The first-order valence-corrected chi connectivity index (χ1v) is 5.76. The first-order chi connectivity index (χ1) is 8.85. The summed E-state index contributed by atoms with van der Waals surface area (Å²) in [6.07, 6.45) is 4.15. The number of nitriles is 1. The van der Waals surface area contributed by atoms with Gasteiger partial charge in [-0.2, -0.15) is 5.26 Å². The molecule has 0 amide bonds. The van der Waals surface area contributed by atoms with Gasteiger partial charge in [-0.1, -0.05) is 18.2 Å². The molecule has 1 unspecified atom stereocenters. The number of rotatable bonds is 4. The van der Waals surface area contributed by atoms with Crippen molar-refractivity contribution in [3.8, 4) is 11.8 Å². The van der Waals surface area contributed by atoms with Crippen LogP contribution in [0, 0.1) is 11.3 Å². The van der Waals surface area contributed by atoms with E-state index < -0.39 is 0 Å². The molecule has 2 rings (SSSR count). The van der Waals surface area contributed by atoms with Crippen LogP contribution in [-0.4, -0.2) is 12.1 Å². The summed E-state index contributed by atoms with van der Waals surface area (Å²) in [4.78, 5) is 3.98. The quantitative estimate of drug-likeness (QED) is 0.822. The van der Waals surface area contributed by atoms with Crippen LogP contribution in [0.1, 0.15) is 17.0 Å². The number of aromatic nitrogens is 1. The molecule has 1 aromatic carbocycles. The van der Waals surface area contributed by atoms with Crippen molar-refractivity contribution >= 4 is 0 Å². The van der Waals surface area contributed by atoms with Crippen LogP contribution < -0.4 is 4.74 Å². The molecule has 0 aliphatic heterocycles. The summed E-state index contributed by atoms with van der Waals surface area (Å²) >= 11 is 0. The molecule has 1 heterocycles. The van der Waals surface area contributed by atoms with E-state index in [1.165, 1.54) is 0 Å². The van der Waals surface area contributed by atoms with Crippen molar-refractivity contribution in [2.24, 2.45) is 0 Å². The molecule has 0 aliphatic rings. The summed E-state index contributed by atoms with van der Waals surface area (Å²) in [5.41, 5.74) is 2.03. The number of pyridine rings is 1. The summed E-state index contributed by atoms with van der Waals surface area (Å²) in [5, 5.41) is 9.34. The van der Waals surface area contributed by atoms with Crippen LogP contribution in [0.2, 0.25) is 0 Å². The molecule has 0 spiro atoms. The molecule has 0 N–H and O–H groups in total. The molecule has 3 nitrogen and oxygen atoms in total. The van der Waals surface area contributed by atoms with Gasteiger partial charge in [-0.05, 0) is 30.2 Å². The van der Waals surface area contributed by atoms with E-state index in [-0.39, 0.29) is 5.92 Å². The van der Waals surface area contributed by atoms with Crippen LogP contribution in [0.3, 0.4) is 0 Å². The van der Waals surface area contributed by atoms with E-state index in [0.29, 0.717) is 6.42 Å². The van der Waals surface area contributed by atoms with E-state index in [0.717, 1.165) is 16.9 Å². The topological polar surface area (TPSA) is 45.9 Å². The largest absolute Gasteiger partial charge is 0.496 e. The van der Waals surface area contributed by atoms with Gasteiger partial charge in [0.05, 0.1) is 19.1 Å². The molecule has 2 aromatic rings. The Morgan fingerprint density at radius 3 is 2.61 bits per heavy atom. The Morgan fingerprint density at radius 2 is 1.94 bits per heavy atom. The Labute approximate surface area is 107 Å². The highest BCUT2D eigenvalue weighted by Crippen LogP contribution is 2.28. The number of hydrogen-bond acceptors (Lipinski definition) is 3. The number of hydrogen-bond donors (Lipinski definition) is 0. The Balaban J connectivity index is 2.27. The normalized spacial score (nSPS) is 11.6. The Kier molecular flexibility index (Phi) is 3.93.